The summed E-state index contributed by atoms with van der Waals surface area (Å²) in [6, 6.07) is 1.63. The molecule has 0 aliphatic carbocycles. The molecule has 116 valence electrons. The molecule has 0 radical (unpaired) electrons. The molecule has 0 bridgehead atoms. The second kappa shape index (κ2) is 5.92. The summed E-state index contributed by atoms with van der Waals surface area (Å²) in [5.41, 5.74) is 0.337. The van der Waals surface area contributed by atoms with Gasteiger partial charge >= 0.3 is 5.69 Å². The van der Waals surface area contributed by atoms with Crippen molar-refractivity contribution in [2.75, 3.05) is 26.2 Å². The Balaban J connectivity index is 1.66. The van der Waals surface area contributed by atoms with Crippen LogP contribution < -0.4 is 5.69 Å². The van der Waals surface area contributed by atoms with E-state index in [0.29, 0.717) is 38.2 Å². The van der Waals surface area contributed by atoms with Gasteiger partial charge in [0.2, 0.25) is 0 Å². The van der Waals surface area contributed by atoms with Gasteiger partial charge in [-0.05, 0) is 12.5 Å². The summed E-state index contributed by atoms with van der Waals surface area (Å²) >= 11 is 0. The van der Waals surface area contributed by atoms with Crippen molar-refractivity contribution in [2.24, 2.45) is 0 Å². The molecule has 2 aromatic rings. The van der Waals surface area contributed by atoms with Crippen molar-refractivity contribution < 1.29 is 14.0 Å². The van der Waals surface area contributed by atoms with Gasteiger partial charge in [0.1, 0.15) is 12.0 Å². The van der Waals surface area contributed by atoms with Gasteiger partial charge in [0.05, 0.1) is 11.8 Å². The number of H-pyrrole nitrogens is 2. The van der Waals surface area contributed by atoms with Crippen LogP contribution in [0.25, 0.3) is 0 Å². The molecule has 1 aliphatic rings. The molecule has 1 aliphatic heterocycles. The second-order valence-corrected chi connectivity index (χ2v) is 5.11. The maximum Gasteiger partial charge on any atom is 0.323 e. The van der Waals surface area contributed by atoms with Gasteiger partial charge in [-0.15, -0.1) is 0 Å². The van der Waals surface area contributed by atoms with E-state index in [9.17, 15) is 14.4 Å². The average Bonchev–Trinajstić information content (AvgIpc) is 3.13. The van der Waals surface area contributed by atoms with Gasteiger partial charge in [0.15, 0.2) is 0 Å². The van der Waals surface area contributed by atoms with Crippen molar-refractivity contribution >= 4 is 11.8 Å². The van der Waals surface area contributed by atoms with E-state index in [0.717, 1.165) is 0 Å². The molecule has 1 fully saturated rings. The highest BCUT2D eigenvalue weighted by molar-refractivity contribution is 5.94. The van der Waals surface area contributed by atoms with Crippen LogP contribution >= 0.6 is 0 Å². The van der Waals surface area contributed by atoms with Crippen LogP contribution in [-0.4, -0.2) is 57.8 Å². The molecule has 8 heteroatoms. The van der Waals surface area contributed by atoms with Gasteiger partial charge in [0.25, 0.3) is 11.8 Å². The van der Waals surface area contributed by atoms with Crippen molar-refractivity contribution in [1.82, 2.24) is 19.8 Å². The quantitative estimate of drug-likeness (QED) is 0.832. The van der Waals surface area contributed by atoms with Crippen LogP contribution in [0, 0.1) is 0 Å². The van der Waals surface area contributed by atoms with Gasteiger partial charge in [-0.3, -0.25) is 9.59 Å². The predicted molar refractivity (Wildman–Crippen MR) is 76.5 cm³/mol. The summed E-state index contributed by atoms with van der Waals surface area (Å²) in [6.07, 6.45) is 4.93. The number of imidazole rings is 1. The number of aromatic nitrogens is 2. The zero-order valence-corrected chi connectivity index (χ0v) is 11.9. The lowest BCUT2D eigenvalue weighted by Gasteiger charge is -2.21. The van der Waals surface area contributed by atoms with Crippen LogP contribution in [0.15, 0.2) is 34.0 Å². The zero-order chi connectivity index (χ0) is 15.5. The van der Waals surface area contributed by atoms with E-state index < -0.39 is 5.69 Å². The van der Waals surface area contributed by atoms with E-state index in [4.69, 9.17) is 4.42 Å². The minimum absolute atomic E-state index is 0.0990. The van der Waals surface area contributed by atoms with Crippen molar-refractivity contribution in [3.63, 3.8) is 0 Å². The SMILES string of the molecule is O=C(c1ccoc1)N1CCCN(C(=O)c2c[nH]c(=O)[nH]2)CC1. The smallest absolute Gasteiger partial charge is 0.323 e. The fourth-order valence-corrected chi connectivity index (χ4v) is 2.51. The zero-order valence-electron chi connectivity index (χ0n) is 11.9. The van der Waals surface area contributed by atoms with E-state index in [1.807, 2.05) is 0 Å². The number of furan rings is 1. The average molecular weight is 304 g/mol. The molecule has 3 rings (SSSR count). The summed E-state index contributed by atoms with van der Waals surface area (Å²) < 4.78 is 4.93. The fraction of sp³-hybridized carbons (Fsp3) is 0.357. The molecular weight excluding hydrogens is 288 g/mol. The van der Waals surface area contributed by atoms with Crippen LogP contribution in [0.1, 0.15) is 27.3 Å². The largest absolute Gasteiger partial charge is 0.472 e. The van der Waals surface area contributed by atoms with Crippen LogP contribution in [0.2, 0.25) is 0 Å². The number of nitrogens with one attached hydrogen (secondary N) is 2. The molecule has 0 atom stereocenters. The van der Waals surface area contributed by atoms with Gasteiger partial charge in [-0.2, -0.15) is 0 Å². The lowest BCUT2D eigenvalue weighted by molar-refractivity contribution is 0.0715. The van der Waals surface area contributed by atoms with Crippen LogP contribution in [-0.2, 0) is 0 Å². The number of hydrogen-bond donors (Lipinski definition) is 2. The standard InChI is InChI=1S/C14H16N4O4/c19-12(10-2-7-22-9-10)17-3-1-4-18(6-5-17)13(20)11-8-15-14(21)16-11/h2,7-9H,1,3-6H2,(H2,15,16,21). The first-order valence-electron chi connectivity index (χ1n) is 7.03. The van der Waals surface area contributed by atoms with Gasteiger partial charge < -0.3 is 24.2 Å². The monoisotopic (exact) mass is 304 g/mol. The molecule has 2 amide bonds. The Hall–Kier alpha value is -2.77. The predicted octanol–water partition coefficient (Wildman–Crippen LogP) is 0.284. The molecule has 0 unspecified atom stereocenters. The minimum Gasteiger partial charge on any atom is -0.472 e. The Labute approximate surface area is 125 Å². The first-order chi connectivity index (χ1) is 10.6. The van der Waals surface area contributed by atoms with Crippen molar-refractivity contribution in [3.8, 4) is 0 Å². The molecule has 2 aromatic heterocycles. The van der Waals surface area contributed by atoms with Crippen molar-refractivity contribution in [2.45, 2.75) is 6.42 Å². The Kier molecular flexibility index (Phi) is 3.82. The Morgan fingerprint density at radius 2 is 1.82 bits per heavy atom. The van der Waals surface area contributed by atoms with Crippen molar-refractivity contribution in [3.05, 3.63) is 46.5 Å². The molecule has 0 aromatic carbocycles. The van der Waals surface area contributed by atoms with E-state index in [-0.39, 0.29) is 17.5 Å². The topological polar surface area (TPSA) is 102 Å². The molecule has 3 heterocycles. The molecule has 1 saturated heterocycles. The van der Waals surface area contributed by atoms with E-state index in [1.165, 1.54) is 18.7 Å². The number of amides is 2. The third-order valence-electron chi connectivity index (χ3n) is 3.66. The summed E-state index contributed by atoms with van der Waals surface area (Å²) in [6.45, 7) is 2.00. The number of nitrogens with zero attached hydrogens (tertiary/aromatic N) is 2. The fourth-order valence-electron chi connectivity index (χ4n) is 2.51. The van der Waals surface area contributed by atoms with Gasteiger partial charge in [-0.25, -0.2) is 4.79 Å². The maximum absolute atomic E-state index is 12.3. The number of rotatable bonds is 2. The molecule has 22 heavy (non-hydrogen) atoms. The van der Waals surface area contributed by atoms with Crippen LogP contribution in [0.5, 0.6) is 0 Å². The summed E-state index contributed by atoms with van der Waals surface area (Å²) in [7, 11) is 0. The highest BCUT2D eigenvalue weighted by Gasteiger charge is 2.24. The van der Waals surface area contributed by atoms with Crippen molar-refractivity contribution in [1.29, 1.82) is 0 Å². The highest BCUT2D eigenvalue weighted by atomic mass is 16.3. The minimum atomic E-state index is -0.407. The molecule has 0 saturated carbocycles. The normalized spacial score (nSPS) is 15.6. The first-order valence-corrected chi connectivity index (χ1v) is 7.03. The Bertz CT molecular complexity index is 715. The third kappa shape index (κ3) is 2.80. The summed E-state index contributed by atoms with van der Waals surface area (Å²) in [4.78, 5) is 43.9. The second-order valence-electron chi connectivity index (χ2n) is 5.11. The van der Waals surface area contributed by atoms with E-state index in [1.54, 1.807) is 15.9 Å². The number of hydrogen-bond acceptors (Lipinski definition) is 4. The third-order valence-corrected chi connectivity index (χ3v) is 3.66. The summed E-state index contributed by atoms with van der Waals surface area (Å²) in [5.74, 6) is -0.339. The maximum atomic E-state index is 12.3. The molecular formula is C14H16N4O4. The Morgan fingerprint density at radius 1 is 1.09 bits per heavy atom. The van der Waals surface area contributed by atoms with E-state index >= 15 is 0 Å². The number of carbonyl (C=O) groups excluding carboxylic acids is 2. The number of carbonyl (C=O) groups is 2. The molecule has 2 N–H and O–H groups in total. The molecule has 0 spiro atoms. The van der Waals surface area contributed by atoms with E-state index in [2.05, 4.69) is 9.97 Å². The summed E-state index contributed by atoms with van der Waals surface area (Å²) in [5, 5.41) is 0. The van der Waals surface area contributed by atoms with Gasteiger partial charge in [0, 0.05) is 32.4 Å². The van der Waals surface area contributed by atoms with Gasteiger partial charge in [-0.1, -0.05) is 0 Å². The lowest BCUT2D eigenvalue weighted by atomic mass is 10.3. The molecule has 8 nitrogen and oxygen atoms in total. The number of aromatic amines is 2. The van der Waals surface area contributed by atoms with Crippen LogP contribution in [0.3, 0.4) is 0 Å². The van der Waals surface area contributed by atoms with Crippen LogP contribution in [0.4, 0.5) is 0 Å². The lowest BCUT2D eigenvalue weighted by Crippen LogP contribution is -2.37. The first kappa shape index (κ1) is 14.2. The Morgan fingerprint density at radius 3 is 2.41 bits per heavy atom. The highest BCUT2D eigenvalue weighted by Crippen LogP contribution is 2.11.